The predicted molar refractivity (Wildman–Crippen MR) is 78.2 cm³/mol. The molecule has 0 aliphatic carbocycles. The quantitative estimate of drug-likeness (QED) is 0.893. The second kappa shape index (κ2) is 5.63. The Morgan fingerprint density at radius 2 is 2.15 bits per heavy atom. The van der Waals surface area contributed by atoms with E-state index in [0.29, 0.717) is 6.04 Å². The lowest BCUT2D eigenvalue weighted by molar-refractivity contribution is -0.129. The van der Waals surface area contributed by atoms with Crippen LogP contribution in [0.3, 0.4) is 0 Å². The van der Waals surface area contributed by atoms with E-state index in [2.05, 4.69) is 15.3 Å². The first kappa shape index (κ1) is 13.1. The maximum atomic E-state index is 11.3. The summed E-state index contributed by atoms with van der Waals surface area (Å²) in [6.07, 6.45) is 2.03. The molecule has 1 aliphatic heterocycles. The molecule has 1 aromatic carbocycles. The zero-order valence-electron chi connectivity index (χ0n) is 11.7. The topological polar surface area (TPSA) is 61.0 Å². The molecule has 5 heteroatoms. The van der Waals surface area contributed by atoms with Crippen LogP contribution < -0.4 is 5.32 Å². The summed E-state index contributed by atoms with van der Waals surface area (Å²) in [6, 6.07) is 8.53. The number of piperidine rings is 1. The molecule has 1 saturated heterocycles. The van der Waals surface area contributed by atoms with Gasteiger partial charge in [-0.25, -0.2) is 4.98 Å². The van der Waals surface area contributed by atoms with Crippen molar-refractivity contribution < 1.29 is 4.79 Å². The van der Waals surface area contributed by atoms with Crippen molar-refractivity contribution in [2.45, 2.75) is 32.4 Å². The number of benzene rings is 1. The van der Waals surface area contributed by atoms with Crippen LogP contribution in [0.5, 0.6) is 0 Å². The van der Waals surface area contributed by atoms with Gasteiger partial charge >= 0.3 is 0 Å². The lowest BCUT2D eigenvalue weighted by Crippen LogP contribution is -2.44. The van der Waals surface area contributed by atoms with E-state index in [-0.39, 0.29) is 5.91 Å². The number of carbonyl (C=O) groups is 1. The Bertz CT molecular complexity index is 566. The number of hydrogen-bond acceptors (Lipinski definition) is 3. The van der Waals surface area contributed by atoms with Gasteiger partial charge in [-0.15, -0.1) is 0 Å². The van der Waals surface area contributed by atoms with Crippen molar-refractivity contribution in [1.29, 1.82) is 0 Å². The molecule has 0 radical (unpaired) electrons. The number of aromatic amines is 1. The Morgan fingerprint density at radius 1 is 1.40 bits per heavy atom. The molecule has 0 spiro atoms. The average Bonchev–Trinajstić information content (AvgIpc) is 2.88. The third-order valence-electron chi connectivity index (χ3n) is 3.94. The SMILES string of the molecule is CC(=O)N1CCC(NCc2nc3ccccc3[nH]2)CC1. The molecule has 1 amide bonds. The lowest BCUT2D eigenvalue weighted by atomic mass is 10.1. The van der Waals surface area contributed by atoms with Gasteiger partial charge in [0.15, 0.2) is 0 Å². The Balaban J connectivity index is 1.54. The van der Waals surface area contributed by atoms with E-state index in [1.807, 2.05) is 29.2 Å². The van der Waals surface area contributed by atoms with Crippen molar-refractivity contribution in [3.63, 3.8) is 0 Å². The van der Waals surface area contributed by atoms with E-state index in [0.717, 1.165) is 49.3 Å². The molecule has 0 unspecified atom stereocenters. The van der Waals surface area contributed by atoms with Crippen molar-refractivity contribution in [3.8, 4) is 0 Å². The molecule has 5 nitrogen and oxygen atoms in total. The fourth-order valence-corrected chi connectivity index (χ4v) is 2.73. The van der Waals surface area contributed by atoms with Gasteiger partial charge in [0.05, 0.1) is 17.6 Å². The molecule has 2 N–H and O–H groups in total. The summed E-state index contributed by atoms with van der Waals surface area (Å²) >= 11 is 0. The lowest BCUT2D eigenvalue weighted by Gasteiger charge is -2.31. The van der Waals surface area contributed by atoms with Crippen LogP contribution in [0.1, 0.15) is 25.6 Å². The number of imidazole rings is 1. The number of amides is 1. The van der Waals surface area contributed by atoms with E-state index < -0.39 is 0 Å². The third kappa shape index (κ3) is 2.82. The van der Waals surface area contributed by atoms with Gasteiger partial charge < -0.3 is 15.2 Å². The summed E-state index contributed by atoms with van der Waals surface area (Å²) in [5.41, 5.74) is 2.09. The second-order valence-electron chi connectivity index (χ2n) is 5.36. The highest BCUT2D eigenvalue weighted by Crippen LogP contribution is 2.13. The maximum Gasteiger partial charge on any atom is 0.219 e. The van der Waals surface area contributed by atoms with E-state index >= 15 is 0 Å². The Morgan fingerprint density at radius 3 is 2.85 bits per heavy atom. The van der Waals surface area contributed by atoms with Gasteiger partial charge in [0, 0.05) is 26.1 Å². The van der Waals surface area contributed by atoms with Crippen molar-refractivity contribution >= 4 is 16.9 Å². The molecular formula is C15H20N4O. The van der Waals surface area contributed by atoms with Gasteiger partial charge in [0.25, 0.3) is 0 Å². The molecule has 106 valence electrons. The van der Waals surface area contributed by atoms with Crippen molar-refractivity contribution in [2.24, 2.45) is 0 Å². The summed E-state index contributed by atoms with van der Waals surface area (Å²) in [4.78, 5) is 21.1. The number of carbonyl (C=O) groups excluding carboxylic acids is 1. The molecule has 1 aromatic heterocycles. The summed E-state index contributed by atoms with van der Waals surface area (Å²) in [7, 11) is 0. The Hall–Kier alpha value is -1.88. The van der Waals surface area contributed by atoms with Crippen molar-refractivity contribution in [3.05, 3.63) is 30.1 Å². The van der Waals surface area contributed by atoms with Gasteiger partial charge in [0.2, 0.25) is 5.91 Å². The summed E-state index contributed by atoms with van der Waals surface area (Å²) < 4.78 is 0. The predicted octanol–water partition coefficient (Wildman–Crippen LogP) is 1.66. The molecule has 0 bridgehead atoms. The Kier molecular flexibility index (Phi) is 3.69. The van der Waals surface area contributed by atoms with Crippen LogP contribution in [0, 0.1) is 0 Å². The number of para-hydroxylation sites is 2. The molecule has 1 aliphatic rings. The Labute approximate surface area is 118 Å². The van der Waals surface area contributed by atoms with Gasteiger partial charge in [-0.3, -0.25) is 4.79 Å². The van der Waals surface area contributed by atoms with Crippen molar-refractivity contribution in [2.75, 3.05) is 13.1 Å². The molecule has 20 heavy (non-hydrogen) atoms. The second-order valence-corrected chi connectivity index (χ2v) is 5.36. The van der Waals surface area contributed by atoms with Crippen LogP contribution in [0.25, 0.3) is 11.0 Å². The molecular weight excluding hydrogens is 252 g/mol. The largest absolute Gasteiger partial charge is 0.343 e. The van der Waals surface area contributed by atoms with Crippen LogP contribution in [0.15, 0.2) is 24.3 Å². The first-order valence-electron chi connectivity index (χ1n) is 7.15. The third-order valence-corrected chi connectivity index (χ3v) is 3.94. The summed E-state index contributed by atoms with van der Waals surface area (Å²) in [5.74, 6) is 1.15. The minimum atomic E-state index is 0.181. The number of nitrogens with one attached hydrogen (secondary N) is 2. The number of fused-ring (bicyclic) bond motifs is 1. The standard InChI is InChI=1S/C15H20N4O/c1-11(20)19-8-6-12(7-9-19)16-10-15-17-13-4-2-3-5-14(13)18-15/h2-5,12,16H,6-10H2,1H3,(H,17,18). The van der Waals surface area contributed by atoms with E-state index in [4.69, 9.17) is 0 Å². The number of hydrogen-bond donors (Lipinski definition) is 2. The number of rotatable bonds is 3. The fourth-order valence-electron chi connectivity index (χ4n) is 2.73. The first-order chi connectivity index (χ1) is 9.72. The first-order valence-corrected chi connectivity index (χ1v) is 7.15. The van der Waals surface area contributed by atoms with Crippen LogP contribution in [0.2, 0.25) is 0 Å². The number of likely N-dealkylation sites (tertiary alicyclic amines) is 1. The summed E-state index contributed by atoms with van der Waals surface area (Å²) in [6.45, 7) is 4.10. The highest BCUT2D eigenvalue weighted by Gasteiger charge is 2.20. The van der Waals surface area contributed by atoms with Crippen LogP contribution >= 0.6 is 0 Å². The molecule has 0 atom stereocenters. The fraction of sp³-hybridized carbons (Fsp3) is 0.467. The number of nitrogens with zero attached hydrogens (tertiary/aromatic N) is 2. The number of aromatic nitrogens is 2. The van der Waals surface area contributed by atoms with Gasteiger partial charge in [-0.1, -0.05) is 12.1 Å². The smallest absolute Gasteiger partial charge is 0.219 e. The van der Waals surface area contributed by atoms with E-state index in [1.165, 1.54) is 0 Å². The monoisotopic (exact) mass is 272 g/mol. The van der Waals surface area contributed by atoms with Crippen LogP contribution in [-0.4, -0.2) is 39.9 Å². The average molecular weight is 272 g/mol. The minimum absolute atomic E-state index is 0.181. The highest BCUT2D eigenvalue weighted by atomic mass is 16.2. The van der Waals surface area contributed by atoms with Crippen LogP contribution in [-0.2, 0) is 11.3 Å². The molecule has 2 aromatic rings. The van der Waals surface area contributed by atoms with Gasteiger partial charge in [0.1, 0.15) is 5.82 Å². The summed E-state index contributed by atoms with van der Waals surface area (Å²) in [5, 5.41) is 3.53. The molecule has 2 heterocycles. The van der Waals surface area contributed by atoms with Gasteiger partial charge in [-0.05, 0) is 25.0 Å². The zero-order chi connectivity index (χ0) is 13.9. The van der Waals surface area contributed by atoms with Crippen molar-refractivity contribution in [1.82, 2.24) is 20.2 Å². The maximum absolute atomic E-state index is 11.3. The van der Waals surface area contributed by atoms with Gasteiger partial charge in [-0.2, -0.15) is 0 Å². The molecule has 1 fully saturated rings. The molecule has 3 rings (SSSR count). The van der Waals surface area contributed by atoms with Crippen LogP contribution in [0.4, 0.5) is 0 Å². The van der Waals surface area contributed by atoms with E-state index in [1.54, 1.807) is 6.92 Å². The number of H-pyrrole nitrogens is 1. The highest BCUT2D eigenvalue weighted by molar-refractivity contribution is 5.74. The normalized spacial score (nSPS) is 16.8. The molecule has 0 saturated carbocycles. The minimum Gasteiger partial charge on any atom is -0.343 e. The zero-order valence-corrected chi connectivity index (χ0v) is 11.7. The van der Waals surface area contributed by atoms with E-state index in [9.17, 15) is 4.79 Å².